The predicted octanol–water partition coefficient (Wildman–Crippen LogP) is 1.93. The summed E-state index contributed by atoms with van der Waals surface area (Å²) < 4.78 is 14.3. The third kappa shape index (κ3) is 4.63. The third-order valence-corrected chi connectivity index (χ3v) is 4.86. The summed E-state index contributed by atoms with van der Waals surface area (Å²) in [6.45, 7) is 0.408. The van der Waals surface area contributed by atoms with E-state index < -0.39 is 18.0 Å². The van der Waals surface area contributed by atoms with Crippen molar-refractivity contribution >= 4 is 10.9 Å². The molecule has 1 atom stereocenters. The number of aromatic amines is 1. The lowest BCUT2D eigenvalue weighted by molar-refractivity contribution is 0.408. The summed E-state index contributed by atoms with van der Waals surface area (Å²) in [5.41, 5.74) is 1.45. The molecule has 2 heterocycles. The van der Waals surface area contributed by atoms with E-state index in [1.807, 2.05) is 24.4 Å². The molecule has 2 aromatic heterocycles. The van der Waals surface area contributed by atoms with Crippen LogP contribution in [0.4, 0.5) is 4.39 Å². The summed E-state index contributed by atoms with van der Waals surface area (Å²) in [5.74, 6) is 6.23. The van der Waals surface area contributed by atoms with Crippen LogP contribution < -0.4 is 10.9 Å². The van der Waals surface area contributed by atoms with Crippen molar-refractivity contribution in [2.75, 3.05) is 19.8 Å². The average Bonchev–Trinajstić information content (AvgIpc) is 3.46. The van der Waals surface area contributed by atoms with Crippen molar-refractivity contribution in [2.45, 2.75) is 25.3 Å². The van der Waals surface area contributed by atoms with E-state index in [1.54, 1.807) is 4.68 Å². The average molecular weight is 395 g/mol. The van der Waals surface area contributed by atoms with Gasteiger partial charge in [-0.05, 0) is 31.0 Å². The van der Waals surface area contributed by atoms with Gasteiger partial charge in [-0.3, -0.25) is 9.48 Å². The van der Waals surface area contributed by atoms with Gasteiger partial charge in [0.2, 0.25) is 5.75 Å². The van der Waals surface area contributed by atoms with Gasteiger partial charge in [0.15, 0.2) is 0 Å². The van der Waals surface area contributed by atoms with Crippen LogP contribution in [0, 0.1) is 17.8 Å². The molecule has 1 unspecified atom stereocenters. The Kier molecular flexibility index (Phi) is 5.58. The van der Waals surface area contributed by atoms with Gasteiger partial charge in [-0.2, -0.15) is 5.10 Å². The number of H-pyrrole nitrogens is 1. The minimum Gasteiger partial charge on any atom is -0.502 e. The number of alkyl halides is 1. The lowest BCUT2D eigenvalue weighted by atomic mass is 10.0. The van der Waals surface area contributed by atoms with Gasteiger partial charge in [-0.1, -0.05) is 11.8 Å². The molecule has 4 rings (SSSR count). The van der Waals surface area contributed by atoms with Crippen LogP contribution >= 0.6 is 0 Å². The van der Waals surface area contributed by atoms with Crippen molar-refractivity contribution in [1.82, 2.24) is 25.1 Å². The molecule has 3 aromatic rings. The summed E-state index contributed by atoms with van der Waals surface area (Å²) >= 11 is 0. The van der Waals surface area contributed by atoms with Gasteiger partial charge in [-0.15, -0.1) is 0 Å². The fourth-order valence-corrected chi connectivity index (χ4v) is 3.18. The molecular formula is C21H22FN5O2. The first-order chi connectivity index (χ1) is 14.1. The Morgan fingerprint density at radius 2 is 2.28 bits per heavy atom. The molecule has 0 bridgehead atoms. The molecule has 1 aliphatic rings. The summed E-state index contributed by atoms with van der Waals surface area (Å²) in [6, 6.07) is 5.90. The molecule has 29 heavy (non-hydrogen) atoms. The second kappa shape index (κ2) is 8.45. The van der Waals surface area contributed by atoms with E-state index in [0.29, 0.717) is 19.0 Å². The van der Waals surface area contributed by atoms with E-state index in [2.05, 4.69) is 32.2 Å². The van der Waals surface area contributed by atoms with Gasteiger partial charge in [-0.25, -0.2) is 9.37 Å². The molecule has 150 valence electrons. The van der Waals surface area contributed by atoms with Gasteiger partial charge < -0.3 is 15.4 Å². The Morgan fingerprint density at radius 1 is 1.41 bits per heavy atom. The topological polar surface area (TPSA) is 95.8 Å². The number of hydrogen-bond donors (Lipinski definition) is 3. The smallest absolute Gasteiger partial charge is 0.293 e. The summed E-state index contributed by atoms with van der Waals surface area (Å²) in [7, 11) is 0. The first-order valence-electron chi connectivity index (χ1n) is 9.66. The van der Waals surface area contributed by atoms with Crippen LogP contribution in [-0.2, 0) is 6.54 Å². The van der Waals surface area contributed by atoms with E-state index in [9.17, 15) is 14.3 Å². The second-order valence-corrected chi connectivity index (χ2v) is 7.22. The van der Waals surface area contributed by atoms with Crippen LogP contribution in [0.25, 0.3) is 10.9 Å². The van der Waals surface area contributed by atoms with Crippen LogP contribution in [0.2, 0.25) is 0 Å². The fraction of sp³-hybridized carbons (Fsp3) is 0.381. The quantitative estimate of drug-likeness (QED) is 0.420. The number of benzene rings is 1. The zero-order valence-electron chi connectivity index (χ0n) is 15.9. The normalized spacial score (nSPS) is 14.5. The van der Waals surface area contributed by atoms with Crippen LogP contribution in [0.5, 0.6) is 5.75 Å². The number of aromatic hydroxyl groups is 1. The van der Waals surface area contributed by atoms with Gasteiger partial charge in [0.1, 0.15) is 6.67 Å². The highest BCUT2D eigenvalue weighted by Crippen LogP contribution is 2.28. The molecule has 0 radical (unpaired) electrons. The largest absolute Gasteiger partial charge is 0.502 e. The molecule has 0 aliphatic heterocycles. The standard InChI is InChI=1S/C21H22FN5O2/c22-7-8-23-10-17(19-20(28)21(29)25-13-24-19)12-27-11-16-9-15(4-3-14-1-2-14)5-6-18(16)26-27/h5-6,9,11,13-14,17,23,28H,1-2,7-8,10,12H2,(H,24,25,29). The number of halogens is 1. The molecule has 1 aliphatic carbocycles. The van der Waals surface area contributed by atoms with Gasteiger partial charge >= 0.3 is 0 Å². The van der Waals surface area contributed by atoms with Gasteiger partial charge in [0, 0.05) is 42.1 Å². The molecule has 0 saturated heterocycles. The van der Waals surface area contributed by atoms with E-state index in [0.717, 1.165) is 16.5 Å². The predicted molar refractivity (Wildman–Crippen MR) is 107 cm³/mol. The minimum atomic E-state index is -0.602. The highest BCUT2D eigenvalue weighted by Gasteiger charge is 2.20. The maximum atomic E-state index is 12.5. The first kappa shape index (κ1) is 19.2. The molecule has 0 spiro atoms. The second-order valence-electron chi connectivity index (χ2n) is 7.22. The molecular weight excluding hydrogens is 373 g/mol. The van der Waals surface area contributed by atoms with Crippen molar-refractivity contribution in [3.05, 3.63) is 52.3 Å². The van der Waals surface area contributed by atoms with E-state index in [4.69, 9.17) is 0 Å². The van der Waals surface area contributed by atoms with Crippen LogP contribution in [0.1, 0.15) is 30.0 Å². The molecule has 0 amide bonds. The van der Waals surface area contributed by atoms with Gasteiger partial charge in [0.25, 0.3) is 5.56 Å². The lowest BCUT2D eigenvalue weighted by Crippen LogP contribution is -2.28. The van der Waals surface area contributed by atoms with Crippen molar-refractivity contribution in [2.24, 2.45) is 5.92 Å². The Hall–Kier alpha value is -3.18. The van der Waals surface area contributed by atoms with Crippen LogP contribution in [-0.4, -0.2) is 44.6 Å². The fourth-order valence-electron chi connectivity index (χ4n) is 3.18. The number of nitrogens with one attached hydrogen (secondary N) is 2. The van der Waals surface area contributed by atoms with Crippen molar-refractivity contribution in [3.63, 3.8) is 0 Å². The Labute approximate surface area is 167 Å². The first-order valence-corrected chi connectivity index (χ1v) is 9.66. The van der Waals surface area contributed by atoms with Crippen LogP contribution in [0.15, 0.2) is 35.5 Å². The number of aromatic nitrogens is 4. The van der Waals surface area contributed by atoms with Gasteiger partial charge in [0.05, 0.1) is 24.1 Å². The number of hydrogen-bond acceptors (Lipinski definition) is 5. The number of fused-ring (bicyclic) bond motifs is 1. The zero-order chi connectivity index (χ0) is 20.2. The molecule has 1 saturated carbocycles. The SMILES string of the molecule is O=c1[nH]cnc(C(CNCCF)Cn2cc3cc(C#CC4CC4)ccc3n2)c1O. The summed E-state index contributed by atoms with van der Waals surface area (Å²) in [5, 5.41) is 18.7. The Balaban J connectivity index is 1.59. The zero-order valence-corrected chi connectivity index (χ0v) is 15.9. The van der Waals surface area contributed by atoms with E-state index >= 15 is 0 Å². The highest BCUT2D eigenvalue weighted by molar-refractivity contribution is 5.79. The molecule has 7 nitrogen and oxygen atoms in total. The number of rotatable bonds is 7. The molecule has 3 N–H and O–H groups in total. The third-order valence-electron chi connectivity index (χ3n) is 4.86. The number of nitrogens with zero attached hydrogens (tertiary/aromatic N) is 3. The Morgan fingerprint density at radius 3 is 3.07 bits per heavy atom. The maximum Gasteiger partial charge on any atom is 0.293 e. The maximum absolute atomic E-state index is 12.5. The van der Waals surface area contributed by atoms with Crippen LogP contribution in [0.3, 0.4) is 0 Å². The molecule has 1 aromatic carbocycles. The Bertz CT molecular complexity index is 1120. The lowest BCUT2D eigenvalue weighted by Gasteiger charge is -2.17. The summed E-state index contributed by atoms with van der Waals surface area (Å²) in [4.78, 5) is 18.2. The molecule has 8 heteroatoms. The summed E-state index contributed by atoms with van der Waals surface area (Å²) in [6.07, 6.45) is 5.54. The van der Waals surface area contributed by atoms with Crippen molar-refractivity contribution in [1.29, 1.82) is 0 Å². The van der Waals surface area contributed by atoms with Crippen molar-refractivity contribution < 1.29 is 9.50 Å². The monoisotopic (exact) mass is 395 g/mol. The minimum absolute atomic E-state index is 0.185. The van der Waals surface area contributed by atoms with E-state index in [1.165, 1.54) is 19.2 Å². The van der Waals surface area contributed by atoms with Crippen molar-refractivity contribution in [3.8, 4) is 17.6 Å². The molecule has 1 fully saturated rings. The van der Waals surface area contributed by atoms with E-state index in [-0.39, 0.29) is 18.2 Å². The highest BCUT2D eigenvalue weighted by atomic mass is 19.1.